The highest BCUT2D eigenvalue weighted by Crippen LogP contribution is 2.60. The van der Waals surface area contributed by atoms with Crippen molar-refractivity contribution in [3.05, 3.63) is 226 Å². The maximum absolute atomic E-state index is 9.74. The lowest BCUT2D eigenvalue weighted by Crippen LogP contribution is -2.23. The van der Waals surface area contributed by atoms with Gasteiger partial charge in [0.2, 0.25) is 0 Å². The molecule has 0 saturated heterocycles. The summed E-state index contributed by atoms with van der Waals surface area (Å²) < 4.78 is 0. The third-order valence-electron chi connectivity index (χ3n) is 10.8. The van der Waals surface area contributed by atoms with Gasteiger partial charge in [-0.05, 0) is 82.8 Å². The van der Waals surface area contributed by atoms with Crippen molar-refractivity contribution in [1.29, 1.82) is 10.7 Å². The van der Waals surface area contributed by atoms with Crippen LogP contribution in [0.5, 0.6) is 0 Å². The van der Waals surface area contributed by atoms with Gasteiger partial charge in [0.1, 0.15) is 5.84 Å². The number of nitriles is 1. The van der Waals surface area contributed by atoms with Crippen molar-refractivity contribution in [3.8, 4) is 28.3 Å². The van der Waals surface area contributed by atoms with E-state index in [9.17, 15) is 10.7 Å². The Morgan fingerprint density at radius 2 is 1.36 bits per heavy atom. The Hall–Kier alpha value is -6.87. The number of nitrogens with one attached hydrogen (secondary N) is 1. The lowest BCUT2D eigenvalue weighted by atomic mass is 9.75. The van der Waals surface area contributed by atoms with Crippen LogP contribution in [0.3, 0.4) is 0 Å². The molecule has 4 nitrogen and oxygen atoms in total. The Labute approximate surface area is 345 Å². The molecule has 0 saturated carbocycles. The number of benzene rings is 6. The zero-order chi connectivity index (χ0) is 39.8. The summed E-state index contributed by atoms with van der Waals surface area (Å²) in [5, 5.41) is 19.2. The van der Waals surface area contributed by atoms with Gasteiger partial charge in [-0.2, -0.15) is 5.26 Å². The summed E-state index contributed by atoms with van der Waals surface area (Å²) in [6, 6.07) is 55.9. The molecule has 1 heterocycles. The zero-order valence-electron chi connectivity index (χ0n) is 32.3. The molecular formula is C53H42N4S. The van der Waals surface area contributed by atoms with Crippen LogP contribution in [0.2, 0.25) is 0 Å². The molecule has 3 unspecified atom stereocenters. The Morgan fingerprint density at radius 1 is 0.724 bits per heavy atom. The number of thioether (sulfide) groups is 1. The molecule has 280 valence electrons. The summed E-state index contributed by atoms with van der Waals surface area (Å²) in [6.07, 6.45) is 11.9. The second-order valence-electron chi connectivity index (χ2n) is 14.5. The van der Waals surface area contributed by atoms with Crippen molar-refractivity contribution >= 4 is 35.7 Å². The second kappa shape index (κ2) is 17.5. The SMILES string of the molecule is C=NC(=NC(=N)C1C=CC(C2C=CC(c3ccccc3C#N)=CC2)=C2Sc3c(-c4ccccc4)cc(-c4ccccc4)cc3C21)c1ccccc1.Cc1ccccc1. The number of hydrogen-bond acceptors (Lipinski definition) is 3. The minimum atomic E-state index is -0.297. The van der Waals surface area contributed by atoms with Crippen LogP contribution >= 0.6 is 11.8 Å². The summed E-state index contributed by atoms with van der Waals surface area (Å²) in [5.74, 6) is 0.472. The third-order valence-corrected chi connectivity index (χ3v) is 12.2. The van der Waals surface area contributed by atoms with E-state index in [2.05, 4.69) is 134 Å². The van der Waals surface area contributed by atoms with Crippen LogP contribution in [0.1, 0.15) is 40.2 Å². The van der Waals surface area contributed by atoms with E-state index in [1.165, 1.54) is 37.6 Å². The number of hydrogen-bond donors (Lipinski definition) is 1. The molecule has 0 fully saturated rings. The number of allylic oxidation sites excluding steroid dienone is 7. The Bertz CT molecular complexity index is 2670. The lowest BCUT2D eigenvalue weighted by molar-refractivity contribution is 0.679. The first-order valence-electron chi connectivity index (χ1n) is 19.5. The zero-order valence-corrected chi connectivity index (χ0v) is 33.1. The molecule has 0 amide bonds. The fourth-order valence-electron chi connectivity index (χ4n) is 7.88. The van der Waals surface area contributed by atoms with Gasteiger partial charge in [0.05, 0.1) is 11.6 Å². The minimum absolute atomic E-state index is 0.0905. The van der Waals surface area contributed by atoms with E-state index in [1.807, 2.05) is 90.6 Å². The Balaban J connectivity index is 0.000000608. The lowest BCUT2D eigenvalue weighted by Gasteiger charge is -2.30. The molecule has 1 N–H and O–H groups in total. The molecule has 0 spiro atoms. The van der Waals surface area contributed by atoms with Crippen LogP contribution in [0.25, 0.3) is 27.8 Å². The molecule has 0 radical (unpaired) electrons. The van der Waals surface area contributed by atoms with Gasteiger partial charge < -0.3 is 0 Å². The van der Waals surface area contributed by atoms with Crippen LogP contribution in [-0.4, -0.2) is 18.4 Å². The monoisotopic (exact) mass is 766 g/mol. The summed E-state index contributed by atoms with van der Waals surface area (Å²) in [6.45, 7) is 5.88. The number of aryl methyl sites for hydroxylation is 1. The van der Waals surface area contributed by atoms with Crippen molar-refractivity contribution in [2.75, 3.05) is 0 Å². The highest BCUT2D eigenvalue weighted by atomic mass is 32.2. The predicted molar refractivity (Wildman–Crippen MR) is 243 cm³/mol. The quantitative estimate of drug-likeness (QED) is 0.135. The molecular weight excluding hydrogens is 725 g/mol. The average molecular weight is 767 g/mol. The van der Waals surface area contributed by atoms with Crippen molar-refractivity contribution in [3.63, 3.8) is 0 Å². The molecule has 5 heteroatoms. The van der Waals surface area contributed by atoms with Gasteiger partial charge in [-0.25, -0.2) is 9.98 Å². The summed E-state index contributed by atoms with van der Waals surface area (Å²) in [4.78, 5) is 11.6. The van der Waals surface area contributed by atoms with Crippen LogP contribution in [-0.2, 0) is 0 Å². The van der Waals surface area contributed by atoms with Crippen LogP contribution < -0.4 is 0 Å². The van der Waals surface area contributed by atoms with Gasteiger partial charge in [-0.3, -0.25) is 5.41 Å². The van der Waals surface area contributed by atoms with Gasteiger partial charge in [0.15, 0.2) is 5.84 Å². The number of amidine groups is 2. The van der Waals surface area contributed by atoms with Gasteiger partial charge in [0.25, 0.3) is 0 Å². The van der Waals surface area contributed by atoms with E-state index in [0.717, 1.165) is 34.2 Å². The first kappa shape index (κ1) is 38.0. The molecule has 9 rings (SSSR count). The smallest absolute Gasteiger partial charge is 0.160 e. The van der Waals surface area contributed by atoms with Gasteiger partial charge in [0, 0.05) is 33.1 Å². The molecule has 1 aliphatic heterocycles. The Kier molecular flexibility index (Phi) is 11.5. The first-order chi connectivity index (χ1) is 28.5. The van der Waals surface area contributed by atoms with Crippen molar-refractivity contribution in [1.82, 2.24) is 0 Å². The highest BCUT2D eigenvalue weighted by Gasteiger charge is 2.42. The normalized spacial score (nSPS) is 17.9. The van der Waals surface area contributed by atoms with E-state index in [-0.39, 0.29) is 23.6 Å². The van der Waals surface area contributed by atoms with E-state index in [0.29, 0.717) is 11.4 Å². The number of fused-ring (bicyclic) bond motifs is 3. The topological polar surface area (TPSA) is 72.4 Å². The molecule has 3 aliphatic rings. The maximum Gasteiger partial charge on any atom is 0.160 e. The molecule has 0 bridgehead atoms. The standard InChI is InChI=1S/C46H34N4S.C7H8/c1-49-46(34-17-9-4-10-18-34)50-45(48)39-26-25-38(33-23-21-32(22-24-33)37-20-12-11-19-35(37)29-47)44-42(39)41-28-36(30-13-5-2-6-14-30)27-40(43(41)51-44)31-15-7-3-8-16-31;1-7-5-3-2-4-6-7/h2-23,25-28,33,39,42,48H,1,24H2;2-6H,1H3. The number of nitrogens with zero attached hydrogens (tertiary/aromatic N) is 3. The molecule has 0 aromatic heterocycles. The predicted octanol–water partition coefficient (Wildman–Crippen LogP) is 13.3. The molecule has 6 aromatic rings. The Morgan fingerprint density at radius 3 is 1.98 bits per heavy atom. The molecule has 6 aromatic carbocycles. The van der Waals surface area contributed by atoms with Crippen molar-refractivity contribution in [2.24, 2.45) is 21.8 Å². The minimum Gasteiger partial charge on any atom is -0.286 e. The molecule has 2 aliphatic carbocycles. The highest BCUT2D eigenvalue weighted by molar-refractivity contribution is 8.03. The fourth-order valence-corrected chi connectivity index (χ4v) is 9.42. The van der Waals surface area contributed by atoms with Crippen LogP contribution in [0.4, 0.5) is 0 Å². The molecule has 3 atom stereocenters. The average Bonchev–Trinajstić information content (AvgIpc) is 3.69. The van der Waals surface area contributed by atoms with Crippen LogP contribution in [0.15, 0.2) is 213 Å². The summed E-state index contributed by atoms with van der Waals surface area (Å²) >= 11 is 1.84. The second-order valence-corrected chi connectivity index (χ2v) is 15.5. The summed E-state index contributed by atoms with van der Waals surface area (Å²) in [7, 11) is 0. The van der Waals surface area contributed by atoms with Gasteiger partial charge in [-0.1, -0.05) is 187 Å². The van der Waals surface area contributed by atoms with E-state index in [4.69, 9.17) is 4.99 Å². The first-order valence-corrected chi connectivity index (χ1v) is 20.3. The summed E-state index contributed by atoms with van der Waals surface area (Å²) in [5.41, 5.74) is 12.0. The van der Waals surface area contributed by atoms with Crippen LogP contribution in [0, 0.1) is 35.5 Å². The fraction of sp³-hybridized carbons (Fsp3) is 0.0943. The van der Waals surface area contributed by atoms with E-state index in [1.54, 1.807) is 0 Å². The number of rotatable bonds is 6. The van der Waals surface area contributed by atoms with Crippen molar-refractivity contribution in [2.45, 2.75) is 24.2 Å². The number of aliphatic imine (C=N–C) groups is 2. The van der Waals surface area contributed by atoms with E-state index >= 15 is 0 Å². The largest absolute Gasteiger partial charge is 0.286 e. The van der Waals surface area contributed by atoms with Gasteiger partial charge in [-0.15, -0.1) is 0 Å². The third kappa shape index (κ3) is 8.02. The van der Waals surface area contributed by atoms with Crippen molar-refractivity contribution < 1.29 is 0 Å². The van der Waals surface area contributed by atoms with Gasteiger partial charge >= 0.3 is 0 Å². The maximum atomic E-state index is 9.74. The molecule has 58 heavy (non-hydrogen) atoms. The van der Waals surface area contributed by atoms with E-state index < -0.39 is 0 Å².